The molecular weight excluding hydrogens is 330 g/mol. The second kappa shape index (κ2) is 7.23. The fourth-order valence-electron chi connectivity index (χ4n) is 3.20. The van der Waals surface area contributed by atoms with E-state index in [1.807, 2.05) is 45.0 Å². The van der Waals surface area contributed by atoms with E-state index in [0.29, 0.717) is 0 Å². The molecule has 6 heteroatoms. The topological polar surface area (TPSA) is 74.6 Å². The molecule has 1 aliphatic rings. The molecule has 1 unspecified atom stereocenters. The molecule has 0 radical (unpaired) electrons. The maximum atomic E-state index is 12.2. The third-order valence-corrected chi connectivity index (χ3v) is 4.32. The standard InChI is InChI=1S/C20H25N3O3/c1-20(2,3)22-19(25)18(24)21-13-16(17-9-6-12-26-17)23-11-10-14-7-4-5-8-15(14)23/h4-9,12,16H,10-11,13H2,1-3H3,(H,21,24)(H,22,25). The van der Waals surface area contributed by atoms with E-state index in [1.54, 1.807) is 6.26 Å². The Morgan fingerprint density at radius 1 is 1.15 bits per heavy atom. The number of carbonyl (C=O) groups excluding carboxylic acids is 2. The van der Waals surface area contributed by atoms with Crippen molar-refractivity contribution in [1.29, 1.82) is 0 Å². The van der Waals surface area contributed by atoms with Crippen LogP contribution in [0, 0.1) is 0 Å². The zero-order chi connectivity index (χ0) is 18.7. The first kappa shape index (κ1) is 18.0. The van der Waals surface area contributed by atoms with Gasteiger partial charge in [-0.05, 0) is 51.0 Å². The van der Waals surface area contributed by atoms with Gasteiger partial charge in [-0.1, -0.05) is 18.2 Å². The number of nitrogens with one attached hydrogen (secondary N) is 2. The summed E-state index contributed by atoms with van der Waals surface area (Å²) in [7, 11) is 0. The van der Waals surface area contributed by atoms with Crippen molar-refractivity contribution in [2.75, 3.05) is 18.0 Å². The Morgan fingerprint density at radius 2 is 1.92 bits per heavy atom. The Labute approximate surface area is 153 Å². The van der Waals surface area contributed by atoms with Crippen molar-refractivity contribution in [2.24, 2.45) is 0 Å². The minimum Gasteiger partial charge on any atom is -0.467 e. The minimum absolute atomic E-state index is 0.167. The first-order valence-corrected chi connectivity index (χ1v) is 8.83. The molecule has 1 atom stereocenters. The number of amides is 2. The summed E-state index contributed by atoms with van der Waals surface area (Å²) < 4.78 is 5.60. The molecule has 2 heterocycles. The van der Waals surface area contributed by atoms with Crippen molar-refractivity contribution in [1.82, 2.24) is 10.6 Å². The van der Waals surface area contributed by atoms with Crippen LogP contribution in [0.2, 0.25) is 0 Å². The van der Waals surface area contributed by atoms with E-state index in [-0.39, 0.29) is 12.6 Å². The molecule has 1 aliphatic heterocycles. The van der Waals surface area contributed by atoms with Crippen LogP contribution in [0.4, 0.5) is 5.69 Å². The summed E-state index contributed by atoms with van der Waals surface area (Å²) in [6.07, 6.45) is 2.57. The molecule has 138 valence electrons. The lowest BCUT2D eigenvalue weighted by molar-refractivity contribution is -0.140. The molecule has 1 aromatic carbocycles. The number of fused-ring (bicyclic) bond motifs is 1. The van der Waals surface area contributed by atoms with Crippen LogP contribution in [0.1, 0.15) is 38.1 Å². The summed E-state index contributed by atoms with van der Waals surface area (Å²) in [6, 6.07) is 11.8. The van der Waals surface area contributed by atoms with Crippen LogP contribution in [0.25, 0.3) is 0 Å². The highest BCUT2D eigenvalue weighted by Gasteiger charge is 2.30. The number of hydrogen-bond acceptors (Lipinski definition) is 4. The van der Waals surface area contributed by atoms with Gasteiger partial charge in [-0.2, -0.15) is 0 Å². The first-order valence-electron chi connectivity index (χ1n) is 8.83. The maximum Gasteiger partial charge on any atom is 0.309 e. The normalized spacial score (nSPS) is 14.7. The van der Waals surface area contributed by atoms with Crippen LogP contribution >= 0.6 is 0 Å². The van der Waals surface area contributed by atoms with Crippen LogP contribution < -0.4 is 15.5 Å². The van der Waals surface area contributed by atoms with Crippen LogP contribution in [0.5, 0.6) is 0 Å². The molecule has 0 saturated heterocycles. The number of rotatable bonds is 4. The molecule has 6 nitrogen and oxygen atoms in total. The number of hydrogen-bond donors (Lipinski definition) is 2. The summed E-state index contributed by atoms with van der Waals surface area (Å²) in [5.74, 6) is -0.500. The number of nitrogens with zero attached hydrogens (tertiary/aromatic N) is 1. The smallest absolute Gasteiger partial charge is 0.309 e. The fourth-order valence-corrected chi connectivity index (χ4v) is 3.20. The monoisotopic (exact) mass is 355 g/mol. The lowest BCUT2D eigenvalue weighted by atomic mass is 10.1. The summed E-state index contributed by atoms with van der Waals surface area (Å²) in [6.45, 7) is 6.65. The second-order valence-corrected chi connectivity index (χ2v) is 7.52. The molecule has 0 bridgehead atoms. The lowest BCUT2D eigenvalue weighted by Gasteiger charge is -2.29. The quantitative estimate of drug-likeness (QED) is 0.826. The van der Waals surface area contributed by atoms with Gasteiger partial charge in [0.2, 0.25) is 0 Å². The van der Waals surface area contributed by atoms with E-state index in [9.17, 15) is 9.59 Å². The fraction of sp³-hybridized carbons (Fsp3) is 0.400. The molecule has 2 aromatic rings. The Balaban J connectivity index is 1.73. The highest BCUT2D eigenvalue weighted by atomic mass is 16.3. The van der Waals surface area contributed by atoms with Gasteiger partial charge in [-0.15, -0.1) is 0 Å². The van der Waals surface area contributed by atoms with E-state index in [4.69, 9.17) is 4.42 Å². The number of para-hydroxylation sites is 1. The van der Waals surface area contributed by atoms with Crippen molar-refractivity contribution in [3.8, 4) is 0 Å². The molecule has 26 heavy (non-hydrogen) atoms. The summed E-state index contributed by atoms with van der Waals surface area (Å²) in [4.78, 5) is 26.4. The molecule has 2 N–H and O–H groups in total. The Bertz CT molecular complexity index is 778. The van der Waals surface area contributed by atoms with E-state index in [2.05, 4.69) is 27.7 Å². The van der Waals surface area contributed by atoms with Gasteiger partial charge in [0.1, 0.15) is 11.8 Å². The van der Waals surface area contributed by atoms with Crippen LogP contribution in [0.3, 0.4) is 0 Å². The van der Waals surface area contributed by atoms with E-state index < -0.39 is 17.4 Å². The Hall–Kier alpha value is -2.76. The largest absolute Gasteiger partial charge is 0.467 e. The van der Waals surface area contributed by atoms with Crippen molar-refractivity contribution < 1.29 is 14.0 Å². The summed E-state index contributed by atoms with van der Waals surface area (Å²) in [5, 5.41) is 5.42. The van der Waals surface area contributed by atoms with Gasteiger partial charge in [0.05, 0.1) is 6.26 Å². The molecule has 1 aromatic heterocycles. The van der Waals surface area contributed by atoms with E-state index >= 15 is 0 Å². The van der Waals surface area contributed by atoms with Crippen molar-refractivity contribution in [3.63, 3.8) is 0 Å². The van der Waals surface area contributed by atoms with Crippen molar-refractivity contribution in [3.05, 3.63) is 54.0 Å². The summed E-state index contributed by atoms with van der Waals surface area (Å²) >= 11 is 0. The van der Waals surface area contributed by atoms with E-state index in [0.717, 1.165) is 24.4 Å². The predicted molar refractivity (Wildman–Crippen MR) is 99.8 cm³/mol. The molecule has 2 amide bonds. The third-order valence-electron chi connectivity index (χ3n) is 4.32. The van der Waals surface area contributed by atoms with Gasteiger partial charge in [0.15, 0.2) is 0 Å². The van der Waals surface area contributed by atoms with Gasteiger partial charge >= 0.3 is 11.8 Å². The van der Waals surface area contributed by atoms with Crippen LogP contribution in [-0.2, 0) is 16.0 Å². The lowest BCUT2D eigenvalue weighted by Crippen LogP contribution is -2.49. The van der Waals surface area contributed by atoms with Gasteiger partial charge < -0.3 is 20.0 Å². The molecule has 0 saturated carbocycles. The first-order chi connectivity index (χ1) is 12.3. The summed E-state index contributed by atoms with van der Waals surface area (Å²) in [5.41, 5.74) is 1.96. The average molecular weight is 355 g/mol. The second-order valence-electron chi connectivity index (χ2n) is 7.52. The highest BCUT2D eigenvalue weighted by molar-refractivity contribution is 6.35. The van der Waals surface area contributed by atoms with Crippen LogP contribution in [0.15, 0.2) is 47.1 Å². The Morgan fingerprint density at radius 3 is 2.62 bits per heavy atom. The van der Waals surface area contributed by atoms with Gasteiger partial charge in [0, 0.05) is 24.3 Å². The molecule has 3 rings (SSSR count). The van der Waals surface area contributed by atoms with Crippen LogP contribution in [-0.4, -0.2) is 30.4 Å². The zero-order valence-electron chi connectivity index (χ0n) is 15.4. The van der Waals surface area contributed by atoms with Gasteiger partial charge in [0.25, 0.3) is 0 Å². The SMILES string of the molecule is CC(C)(C)NC(=O)C(=O)NCC(c1ccco1)N1CCc2ccccc21. The number of anilines is 1. The Kier molecular flexibility index (Phi) is 5.02. The number of furan rings is 1. The average Bonchev–Trinajstić information content (AvgIpc) is 3.24. The highest BCUT2D eigenvalue weighted by Crippen LogP contribution is 2.34. The molecule has 0 fully saturated rings. The molecule has 0 aliphatic carbocycles. The van der Waals surface area contributed by atoms with Crippen molar-refractivity contribution >= 4 is 17.5 Å². The van der Waals surface area contributed by atoms with Gasteiger partial charge in [-0.3, -0.25) is 9.59 Å². The molecule has 0 spiro atoms. The minimum atomic E-state index is -0.635. The van der Waals surface area contributed by atoms with Crippen molar-refractivity contribution in [2.45, 2.75) is 38.8 Å². The maximum absolute atomic E-state index is 12.2. The zero-order valence-corrected chi connectivity index (χ0v) is 15.4. The number of carbonyl (C=O) groups is 2. The number of benzene rings is 1. The molecular formula is C20H25N3O3. The van der Waals surface area contributed by atoms with E-state index in [1.165, 1.54) is 5.56 Å². The third kappa shape index (κ3) is 4.07. The van der Waals surface area contributed by atoms with Gasteiger partial charge in [-0.25, -0.2) is 0 Å². The predicted octanol–water partition coefficient (Wildman–Crippen LogP) is 2.41.